The van der Waals surface area contributed by atoms with E-state index in [1.54, 1.807) is 18.2 Å². The molecule has 0 spiro atoms. The van der Waals surface area contributed by atoms with Crippen LogP contribution in [0.4, 0.5) is 0 Å². The molecule has 0 aliphatic heterocycles. The molecule has 0 aliphatic carbocycles. The lowest BCUT2D eigenvalue weighted by atomic mass is 10.1. The molecule has 0 amide bonds. The van der Waals surface area contributed by atoms with Crippen LogP contribution in [-0.4, -0.2) is 11.9 Å². The molecule has 0 bridgehead atoms. The summed E-state index contributed by atoms with van der Waals surface area (Å²) in [6.07, 6.45) is 1.24. The quantitative estimate of drug-likeness (QED) is 0.337. The first-order valence-corrected chi connectivity index (χ1v) is 4.69. The van der Waals surface area contributed by atoms with E-state index in [1.807, 2.05) is 13.0 Å². The van der Waals surface area contributed by atoms with Crippen molar-refractivity contribution < 1.29 is 14.3 Å². The van der Waals surface area contributed by atoms with Crippen molar-refractivity contribution in [2.45, 2.75) is 6.92 Å². The Morgan fingerprint density at radius 2 is 2.06 bits per heavy atom. The Labute approximate surface area is 94.0 Å². The first-order valence-electron chi connectivity index (χ1n) is 4.69. The number of aryl methyl sites for hydroxylation is 1. The fraction of sp³-hybridized carbons (Fsp3) is 0.0769. The number of benzene rings is 1. The van der Waals surface area contributed by atoms with Gasteiger partial charge in [-0.15, -0.1) is 0 Å². The maximum absolute atomic E-state index is 11.5. The predicted molar refractivity (Wildman–Crippen MR) is 60.9 cm³/mol. The maximum Gasteiger partial charge on any atom is 0.346 e. The van der Waals surface area contributed by atoms with Gasteiger partial charge in [0.2, 0.25) is 0 Å². The molecule has 3 nitrogen and oxygen atoms in total. The highest BCUT2D eigenvalue weighted by molar-refractivity contribution is 6.03. The Morgan fingerprint density at radius 1 is 1.38 bits per heavy atom. The van der Waals surface area contributed by atoms with E-state index in [-0.39, 0.29) is 5.57 Å². The molecule has 0 aliphatic rings. The summed E-state index contributed by atoms with van der Waals surface area (Å²) >= 11 is 0. The minimum Gasteiger partial charge on any atom is -0.386 e. The summed E-state index contributed by atoms with van der Waals surface area (Å²) in [5.41, 5.74) is 1.32. The van der Waals surface area contributed by atoms with Gasteiger partial charge in [-0.25, -0.2) is 9.59 Å². The minimum atomic E-state index is -0.776. The second-order valence-corrected chi connectivity index (χ2v) is 3.28. The minimum absolute atomic E-state index is 0.0565. The molecule has 16 heavy (non-hydrogen) atoms. The Bertz CT molecular complexity index is 458. The molecule has 1 aromatic rings. The van der Waals surface area contributed by atoms with Crippen molar-refractivity contribution in [3.8, 4) is 0 Å². The van der Waals surface area contributed by atoms with Crippen LogP contribution in [0.3, 0.4) is 0 Å². The van der Waals surface area contributed by atoms with Gasteiger partial charge in [0, 0.05) is 0 Å². The number of rotatable bonds is 3. The van der Waals surface area contributed by atoms with E-state index < -0.39 is 11.9 Å². The van der Waals surface area contributed by atoms with Crippen molar-refractivity contribution >= 4 is 11.9 Å². The van der Waals surface area contributed by atoms with E-state index in [4.69, 9.17) is 0 Å². The summed E-state index contributed by atoms with van der Waals surface area (Å²) in [6.45, 7) is 8.61. The molecule has 0 saturated heterocycles. The molecule has 3 heteroatoms. The summed E-state index contributed by atoms with van der Waals surface area (Å²) in [4.78, 5) is 22.7. The van der Waals surface area contributed by atoms with E-state index >= 15 is 0 Å². The molecule has 0 unspecified atom stereocenters. The van der Waals surface area contributed by atoms with Crippen LogP contribution in [0.1, 0.15) is 15.9 Å². The topological polar surface area (TPSA) is 43.4 Å². The van der Waals surface area contributed by atoms with Crippen LogP contribution in [0.25, 0.3) is 0 Å². The highest BCUT2D eigenvalue weighted by atomic mass is 16.6. The maximum atomic E-state index is 11.5. The number of hydrogen-bond acceptors (Lipinski definition) is 3. The Balaban J connectivity index is 2.77. The van der Waals surface area contributed by atoms with Gasteiger partial charge >= 0.3 is 11.9 Å². The van der Waals surface area contributed by atoms with Gasteiger partial charge in [-0.1, -0.05) is 36.9 Å². The molecule has 0 saturated carbocycles. The van der Waals surface area contributed by atoms with Gasteiger partial charge in [-0.3, -0.25) is 0 Å². The van der Waals surface area contributed by atoms with Gasteiger partial charge in [0.15, 0.2) is 0 Å². The molecular formula is C13H12O3. The smallest absolute Gasteiger partial charge is 0.346 e. The first kappa shape index (κ1) is 11.9. The summed E-state index contributed by atoms with van der Waals surface area (Å²) in [7, 11) is 0. The van der Waals surface area contributed by atoms with Crippen LogP contribution in [0.5, 0.6) is 0 Å². The lowest BCUT2D eigenvalue weighted by Gasteiger charge is -2.03. The zero-order valence-corrected chi connectivity index (χ0v) is 9.03. The molecule has 0 N–H and O–H groups in total. The molecule has 0 fully saturated rings. The Kier molecular flexibility index (Phi) is 3.78. The second kappa shape index (κ2) is 5.07. The first-order chi connectivity index (χ1) is 7.54. The molecule has 0 atom stereocenters. The van der Waals surface area contributed by atoms with Gasteiger partial charge < -0.3 is 4.74 Å². The Hall–Kier alpha value is -2.16. The van der Waals surface area contributed by atoms with Crippen molar-refractivity contribution in [1.29, 1.82) is 0 Å². The average molecular weight is 216 g/mol. The average Bonchev–Trinajstić information content (AvgIpc) is 2.27. The fourth-order valence-electron chi connectivity index (χ4n) is 1.06. The predicted octanol–water partition coefficient (Wildman–Crippen LogP) is 2.42. The zero-order valence-electron chi connectivity index (χ0n) is 9.03. The summed E-state index contributed by atoms with van der Waals surface area (Å²) < 4.78 is 4.60. The van der Waals surface area contributed by atoms with Crippen molar-refractivity contribution in [3.63, 3.8) is 0 Å². The van der Waals surface area contributed by atoms with Gasteiger partial charge in [-0.05, 0) is 19.1 Å². The van der Waals surface area contributed by atoms with Crippen molar-refractivity contribution in [3.05, 3.63) is 60.2 Å². The van der Waals surface area contributed by atoms with Crippen molar-refractivity contribution in [2.75, 3.05) is 0 Å². The third kappa shape index (κ3) is 2.92. The SMILES string of the molecule is C=CC(=C)C(=O)OC(=O)c1cccc(C)c1. The van der Waals surface area contributed by atoms with Gasteiger partial charge in [0.1, 0.15) is 0 Å². The molecule has 1 rings (SSSR count). The number of ether oxygens (including phenoxy) is 1. The van der Waals surface area contributed by atoms with Crippen molar-refractivity contribution in [1.82, 2.24) is 0 Å². The lowest BCUT2D eigenvalue weighted by molar-refractivity contribution is -0.133. The summed E-state index contributed by atoms with van der Waals surface area (Å²) in [5, 5.41) is 0. The standard InChI is InChI=1S/C13H12O3/c1-4-10(3)12(14)16-13(15)11-7-5-6-9(2)8-11/h4-8H,1,3H2,2H3. The molecule has 82 valence electrons. The highest BCUT2D eigenvalue weighted by Crippen LogP contribution is 2.07. The number of carbonyl (C=O) groups is 2. The van der Waals surface area contributed by atoms with Gasteiger partial charge in [-0.2, -0.15) is 0 Å². The fourth-order valence-corrected chi connectivity index (χ4v) is 1.06. The normalized spacial score (nSPS) is 9.31. The van der Waals surface area contributed by atoms with Crippen molar-refractivity contribution in [2.24, 2.45) is 0 Å². The largest absolute Gasteiger partial charge is 0.386 e. The van der Waals surface area contributed by atoms with E-state index in [0.717, 1.165) is 5.56 Å². The van der Waals surface area contributed by atoms with E-state index in [2.05, 4.69) is 17.9 Å². The molecular weight excluding hydrogens is 204 g/mol. The lowest BCUT2D eigenvalue weighted by Crippen LogP contribution is -2.13. The van der Waals surface area contributed by atoms with Crippen LogP contribution in [-0.2, 0) is 9.53 Å². The molecule has 0 radical (unpaired) electrons. The monoisotopic (exact) mass is 216 g/mol. The van der Waals surface area contributed by atoms with Crippen LogP contribution < -0.4 is 0 Å². The molecule has 0 heterocycles. The van der Waals surface area contributed by atoms with E-state index in [1.165, 1.54) is 6.08 Å². The van der Waals surface area contributed by atoms with Crippen LogP contribution in [0.2, 0.25) is 0 Å². The number of hydrogen-bond donors (Lipinski definition) is 0. The summed E-state index contributed by atoms with van der Waals surface area (Å²) in [5.74, 6) is -1.46. The van der Waals surface area contributed by atoms with Crippen LogP contribution >= 0.6 is 0 Å². The molecule has 0 aromatic heterocycles. The summed E-state index contributed by atoms with van der Waals surface area (Å²) in [6, 6.07) is 6.80. The van der Waals surface area contributed by atoms with Crippen LogP contribution in [0, 0.1) is 6.92 Å². The van der Waals surface area contributed by atoms with E-state index in [9.17, 15) is 9.59 Å². The third-order valence-corrected chi connectivity index (χ3v) is 1.95. The highest BCUT2D eigenvalue weighted by Gasteiger charge is 2.13. The zero-order chi connectivity index (χ0) is 12.1. The van der Waals surface area contributed by atoms with Crippen LogP contribution in [0.15, 0.2) is 49.1 Å². The Morgan fingerprint density at radius 3 is 2.62 bits per heavy atom. The van der Waals surface area contributed by atoms with Gasteiger partial charge in [0.25, 0.3) is 0 Å². The number of carbonyl (C=O) groups excluding carboxylic acids is 2. The second-order valence-electron chi connectivity index (χ2n) is 3.28. The van der Waals surface area contributed by atoms with Gasteiger partial charge in [0.05, 0.1) is 11.1 Å². The molecule has 1 aromatic carbocycles. The van der Waals surface area contributed by atoms with E-state index in [0.29, 0.717) is 5.56 Å². The third-order valence-electron chi connectivity index (χ3n) is 1.95. The number of esters is 2.